The van der Waals surface area contributed by atoms with E-state index in [-0.39, 0.29) is 18.2 Å². The van der Waals surface area contributed by atoms with Gasteiger partial charge in [0.2, 0.25) is 11.8 Å². The van der Waals surface area contributed by atoms with Gasteiger partial charge in [0.25, 0.3) is 0 Å². The number of rotatable bonds is 8. The molecule has 1 rings (SSSR count). The maximum Gasteiger partial charge on any atom is 0.238 e. The summed E-state index contributed by atoms with van der Waals surface area (Å²) in [6.07, 6.45) is 2.37. The van der Waals surface area contributed by atoms with Gasteiger partial charge in [-0.2, -0.15) is 0 Å². The summed E-state index contributed by atoms with van der Waals surface area (Å²) in [5.74, 6) is -0.276. The van der Waals surface area contributed by atoms with Crippen molar-refractivity contribution in [2.45, 2.75) is 39.5 Å². The lowest BCUT2D eigenvalue weighted by Gasteiger charge is -2.12. The Kier molecular flexibility index (Phi) is 7.01. The molecule has 0 radical (unpaired) electrons. The molecule has 1 aromatic carbocycles. The third-order valence-electron chi connectivity index (χ3n) is 2.93. The summed E-state index contributed by atoms with van der Waals surface area (Å²) in [4.78, 5) is 23.3. The number of unbranched alkanes of at least 4 members (excludes halogenated alkanes) is 1. The van der Waals surface area contributed by atoms with Gasteiger partial charge in [-0.15, -0.1) is 0 Å². The van der Waals surface area contributed by atoms with Crippen molar-refractivity contribution in [2.75, 3.05) is 5.32 Å². The minimum atomic E-state index is -0.176. The van der Waals surface area contributed by atoms with Crippen LogP contribution in [0.2, 0.25) is 0 Å². The van der Waals surface area contributed by atoms with Crippen molar-refractivity contribution in [1.82, 2.24) is 10.9 Å². The molecule has 0 spiro atoms. The fourth-order valence-electron chi connectivity index (χ4n) is 1.70. The van der Waals surface area contributed by atoms with Crippen molar-refractivity contribution in [3.63, 3.8) is 0 Å². The van der Waals surface area contributed by atoms with Crippen LogP contribution in [0, 0.1) is 6.92 Å². The maximum absolute atomic E-state index is 11.9. The summed E-state index contributed by atoms with van der Waals surface area (Å²) in [5.41, 5.74) is 7.42. The number of carbonyl (C=O) groups is 2. The Labute approximate surface area is 125 Å². The number of benzene rings is 1. The second-order valence-corrected chi connectivity index (χ2v) is 4.92. The standard InChI is InChI=1S/C16H23N3O2/c1-4-5-10-15(20)19-18-13(3)11-16(21)17-14-9-7-6-8-12(14)2/h6-9,18H,3-5,10-11H2,1-2H3,(H,17,21)(H,19,20). The first-order chi connectivity index (χ1) is 10.0. The van der Waals surface area contributed by atoms with Gasteiger partial charge < -0.3 is 10.7 Å². The van der Waals surface area contributed by atoms with E-state index in [1.807, 2.05) is 38.1 Å². The average molecular weight is 289 g/mol. The Morgan fingerprint density at radius 2 is 1.86 bits per heavy atom. The first kappa shape index (κ1) is 16.8. The molecular formula is C16H23N3O2. The third-order valence-corrected chi connectivity index (χ3v) is 2.93. The van der Waals surface area contributed by atoms with Gasteiger partial charge in [-0.25, -0.2) is 0 Å². The average Bonchev–Trinajstić information content (AvgIpc) is 2.45. The summed E-state index contributed by atoms with van der Waals surface area (Å²) < 4.78 is 0. The van der Waals surface area contributed by atoms with Gasteiger partial charge in [0.15, 0.2) is 0 Å². The Bertz CT molecular complexity index is 512. The number of aryl methyl sites for hydroxylation is 1. The lowest BCUT2D eigenvalue weighted by atomic mass is 10.2. The number of hydrogen-bond donors (Lipinski definition) is 3. The van der Waals surface area contributed by atoms with Crippen molar-refractivity contribution in [2.24, 2.45) is 0 Å². The van der Waals surface area contributed by atoms with Gasteiger partial charge in [-0.3, -0.25) is 15.0 Å². The van der Waals surface area contributed by atoms with Crippen LogP contribution in [0.5, 0.6) is 0 Å². The number of hydrogen-bond acceptors (Lipinski definition) is 3. The topological polar surface area (TPSA) is 70.2 Å². The molecule has 0 aromatic heterocycles. The largest absolute Gasteiger partial charge is 0.326 e. The van der Waals surface area contributed by atoms with Crippen LogP contribution in [0.3, 0.4) is 0 Å². The molecular weight excluding hydrogens is 266 g/mol. The van der Waals surface area contributed by atoms with E-state index in [1.165, 1.54) is 0 Å². The van der Waals surface area contributed by atoms with E-state index >= 15 is 0 Å². The number of nitrogens with one attached hydrogen (secondary N) is 3. The number of carbonyl (C=O) groups excluding carboxylic acids is 2. The highest BCUT2D eigenvalue weighted by atomic mass is 16.2. The molecule has 0 fully saturated rings. The molecule has 1 aromatic rings. The summed E-state index contributed by atoms with van der Waals surface area (Å²) in [5, 5.41) is 2.81. The highest BCUT2D eigenvalue weighted by molar-refractivity contribution is 5.92. The first-order valence-corrected chi connectivity index (χ1v) is 7.11. The molecule has 114 valence electrons. The molecule has 0 heterocycles. The predicted octanol–water partition coefficient (Wildman–Crippen LogP) is 2.65. The fraction of sp³-hybridized carbons (Fsp3) is 0.375. The van der Waals surface area contributed by atoms with Gasteiger partial charge in [0.05, 0.1) is 6.42 Å². The van der Waals surface area contributed by atoms with Crippen LogP contribution in [0.4, 0.5) is 5.69 Å². The Morgan fingerprint density at radius 1 is 1.14 bits per heavy atom. The van der Waals surface area contributed by atoms with Gasteiger partial charge >= 0.3 is 0 Å². The Hall–Kier alpha value is -2.30. The lowest BCUT2D eigenvalue weighted by molar-refractivity contribution is -0.122. The molecule has 0 aliphatic heterocycles. The monoisotopic (exact) mass is 289 g/mol. The number of anilines is 1. The smallest absolute Gasteiger partial charge is 0.238 e. The van der Waals surface area contributed by atoms with Crippen LogP contribution in [0.25, 0.3) is 0 Å². The summed E-state index contributed by atoms with van der Waals surface area (Å²) in [6.45, 7) is 7.67. The third kappa shape index (κ3) is 6.61. The van der Waals surface area contributed by atoms with E-state index in [1.54, 1.807) is 0 Å². The van der Waals surface area contributed by atoms with Crippen LogP contribution in [0.15, 0.2) is 36.5 Å². The number of amides is 2. The van der Waals surface area contributed by atoms with Gasteiger partial charge in [-0.1, -0.05) is 38.1 Å². The SMILES string of the molecule is C=C(CC(=O)Nc1ccccc1C)NNC(=O)CCCC. The fourth-order valence-corrected chi connectivity index (χ4v) is 1.70. The van der Waals surface area contributed by atoms with Crippen LogP contribution in [-0.4, -0.2) is 11.8 Å². The molecule has 5 nitrogen and oxygen atoms in total. The number of hydrazine groups is 1. The van der Waals surface area contributed by atoms with Crippen molar-refractivity contribution >= 4 is 17.5 Å². The molecule has 0 bridgehead atoms. The minimum absolute atomic E-state index is 0.0996. The highest BCUT2D eigenvalue weighted by Gasteiger charge is 2.07. The molecule has 3 N–H and O–H groups in total. The molecule has 0 aliphatic carbocycles. The van der Waals surface area contributed by atoms with Crippen molar-refractivity contribution in [1.29, 1.82) is 0 Å². The van der Waals surface area contributed by atoms with Crippen molar-refractivity contribution < 1.29 is 9.59 Å². The molecule has 21 heavy (non-hydrogen) atoms. The second kappa shape index (κ2) is 8.79. The summed E-state index contributed by atoms with van der Waals surface area (Å²) >= 11 is 0. The van der Waals surface area contributed by atoms with E-state index in [4.69, 9.17) is 0 Å². The molecule has 5 heteroatoms. The zero-order chi connectivity index (χ0) is 15.7. The van der Waals surface area contributed by atoms with Crippen molar-refractivity contribution in [3.05, 3.63) is 42.1 Å². The Morgan fingerprint density at radius 3 is 2.52 bits per heavy atom. The zero-order valence-corrected chi connectivity index (χ0v) is 12.7. The molecule has 0 atom stereocenters. The minimum Gasteiger partial charge on any atom is -0.326 e. The van der Waals surface area contributed by atoms with E-state index < -0.39 is 0 Å². The molecule has 0 saturated carbocycles. The van der Waals surface area contributed by atoms with Crippen LogP contribution < -0.4 is 16.2 Å². The highest BCUT2D eigenvalue weighted by Crippen LogP contribution is 2.13. The summed E-state index contributed by atoms with van der Waals surface area (Å²) in [7, 11) is 0. The van der Waals surface area contributed by atoms with Gasteiger partial charge in [-0.05, 0) is 25.0 Å². The van der Waals surface area contributed by atoms with Gasteiger partial charge in [0.1, 0.15) is 0 Å². The zero-order valence-electron chi connectivity index (χ0n) is 12.7. The molecule has 0 unspecified atom stereocenters. The first-order valence-electron chi connectivity index (χ1n) is 7.11. The molecule has 0 saturated heterocycles. The van der Waals surface area contributed by atoms with Crippen molar-refractivity contribution in [3.8, 4) is 0 Å². The van der Waals surface area contributed by atoms with Crippen LogP contribution >= 0.6 is 0 Å². The maximum atomic E-state index is 11.9. The van der Waals surface area contributed by atoms with Crippen LogP contribution in [0.1, 0.15) is 38.2 Å². The van der Waals surface area contributed by atoms with Crippen LogP contribution in [-0.2, 0) is 9.59 Å². The molecule has 2 amide bonds. The summed E-state index contributed by atoms with van der Waals surface area (Å²) in [6, 6.07) is 7.55. The lowest BCUT2D eigenvalue weighted by Crippen LogP contribution is -2.37. The molecule has 0 aliphatic rings. The normalized spacial score (nSPS) is 9.81. The van der Waals surface area contributed by atoms with Gasteiger partial charge in [0, 0.05) is 17.8 Å². The quantitative estimate of drug-likeness (QED) is 0.644. The Balaban J connectivity index is 2.33. The second-order valence-electron chi connectivity index (χ2n) is 4.92. The predicted molar refractivity (Wildman–Crippen MR) is 84.4 cm³/mol. The van der Waals surface area contributed by atoms with E-state index in [9.17, 15) is 9.59 Å². The number of para-hydroxylation sites is 1. The van der Waals surface area contributed by atoms with E-state index in [0.29, 0.717) is 12.1 Å². The van der Waals surface area contributed by atoms with E-state index in [2.05, 4.69) is 22.7 Å². The van der Waals surface area contributed by atoms with E-state index in [0.717, 1.165) is 24.1 Å².